The maximum atomic E-state index is 9.16. The molecule has 3 aromatic rings. The quantitative estimate of drug-likeness (QED) is 0.743. The van der Waals surface area contributed by atoms with E-state index >= 15 is 0 Å². The largest absolute Gasteiger partial charge is 0.396 e. The molecule has 4 rings (SSSR count). The Bertz CT molecular complexity index is 768. The van der Waals surface area contributed by atoms with Crippen LogP contribution in [0.3, 0.4) is 0 Å². The van der Waals surface area contributed by atoms with Gasteiger partial charge in [0.15, 0.2) is 0 Å². The predicted molar refractivity (Wildman–Crippen MR) is 95.9 cm³/mol. The van der Waals surface area contributed by atoms with Crippen molar-refractivity contribution < 1.29 is 5.11 Å². The van der Waals surface area contributed by atoms with Crippen LogP contribution in [0.5, 0.6) is 0 Å². The average molecular weight is 306 g/mol. The van der Waals surface area contributed by atoms with E-state index in [1.165, 1.54) is 16.5 Å². The predicted octanol–water partition coefficient (Wildman–Crippen LogP) is 3.99. The van der Waals surface area contributed by atoms with E-state index in [-0.39, 0.29) is 0 Å². The molecule has 2 aromatic carbocycles. The Labute approximate surface area is 136 Å². The third kappa shape index (κ3) is 2.66. The minimum absolute atomic E-state index is 0.311. The summed E-state index contributed by atoms with van der Waals surface area (Å²) in [5.74, 6) is 0.663. The van der Waals surface area contributed by atoms with Crippen LogP contribution in [0.15, 0.2) is 48.5 Å². The van der Waals surface area contributed by atoms with Crippen molar-refractivity contribution in [3.8, 4) is 0 Å². The minimum Gasteiger partial charge on any atom is -0.396 e. The fourth-order valence-corrected chi connectivity index (χ4v) is 3.79. The van der Waals surface area contributed by atoms with Gasteiger partial charge in [-0.25, -0.2) is 4.98 Å². The first-order chi connectivity index (χ1) is 11.4. The molecular weight excluding hydrogens is 284 g/mol. The second-order valence-corrected chi connectivity index (χ2v) is 6.44. The summed E-state index contributed by atoms with van der Waals surface area (Å²) in [6.45, 7) is 2.43. The summed E-state index contributed by atoms with van der Waals surface area (Å²) in [7, 11) is 0. The summed E-state index contributed by atoms with van der Waals surface area (Å²) in [4.78, 5) is 7.33. The Kier molecular flexibility index (Phi) is 3.88. The van der Waals surface area contributed by atoms with Gasteiger partial charge >= 0.3 is 0 Å². The van der Waals surface area contributed by atoms with Crippen LogP contribution in [0.1, 0.15) is 19.3 Å². The van der Waals surface area contributed by atoms with Gasteiger partial charge in [0.2, 0.25) is 0 Å². The highest BCUT2D eigenvalue weighted by atomic mass is 16.3. The van der Waals surface area contributed by atoms with Crippen molar-refractivity contribution in [2.24, 2.45) is 5.92 Å². The van der Waals surface area contributed by atoms with E-state index < -0.39 is 0 Å². The SMILES string of the molecule is OCCC1CCN(c2c3ccccc3nc3ccccc23)CC1. The molecule has 0 radical (unpaired) electrons. The molecule has 0 spiro atoms. The van der Waals surface area contributed by atoms with Crippen molar-refractivity contribution in [2.45, 2.75) is 19.3 Å². The standard InChI is InChI=1S/C20H22N2O/c23-14-11-15-9-12-22(13-10-15)20-16-5-1-3-7-18(16)21-19-8-4-2-6-17(19)20/h1-8,15,23H,9-14H2. The molecule has 0 aliphatic carbocycles. The maximum Gasteiger partial charge on any atom is 0.0730 e. The number of hydrogen-bond donors (Lipinski definition) is 1. The molecule has 118 valence electrons. The number of nitrogens with zero attached hydrogens (tertiary/aromatic N) is 2. The summed E-state index contributed by atoms with van der Waals surface area (Å²) in [6.07, 6.45) is 3.25. The topological polar surface area (TPSA) is 36.4 Å². The lowest BCUT2D eigenvalue weighted by atomic mass is 9.93. The van der Waals surface area contributed by atoms with Crippen LogP contribution in [0.4, 0.5) is 5.69 Å². The number of pyridine rings is 1. The van der Waals surface area contributed by atoms with Gasteiger partial charge in [0.1, 0.15) is 0 Å². The number of aliphatic hydroxyl groups excluding tert-OH is 1. The van der Waals surface area contributed by atoms with E-state index in [0.717, 1.165) is 43.4 Å². The van der Waals surface area contributed by atoms with Crippen LogP contribution in [-0.4, -0.2) is 29.8 Å². The van der Waals surface area contributed by atoms with Gasteiger partial charge in [0, 0.05) is 30.5 Å². The summed E-state index contributed by atoms with van der Waals surface area (Å²) >= 11 is 0. The molecule has 0 bridgehead atoms. The van der Waals surface area contributed by atoms with Crippen LogP contribution in [0.25, 0.3) is 21.8 Å². The lowest BCUT2D eigenvalue weighted by molar-refractivity contribution is 0.240. The smallest absolute Gasteiger partial charge is 0.0730 e. The van der Waals surface area contributed by atoms with E-state index in [2.05, 4.69) is 53.4 Å². The molecule has 0 unspecified atom stereocenters. The van der Waals surface area contributed by atoms with E-state index in [0.29, 0.717) is 12.5 Å². The van der Waals surface area contributed by atoms with Crippen molar-refractivity contribution in [3.05, 3.63) is 48.5 Å². The average Bonchev–Trinajstić information content (AvgIpc) is 2.61. The summed E-state index contributed by atoms with van der Waals surface area (Å²) in [5, 5.41) is 11.6. The number of para-hydroxylation sites is 2. The van der Waals surface area contributed by atoms with Crippen molar-refractivity contribution in [3.63, 3.8) is 0 Å². The number of aliphatic hydroxyl groups is 1. The van der Waals surface area contributed by atoms with Gasteiger partial charge in [-0.1, -0.05) is 36.4 Å². The Morgan fingerprint density at radius 2 is 1.48 bits per heavy atom. The molecular formula is C20H22N2O. The molecule has 1 aliphatic heterocycles. The monoisotopic (exact) mass is 306 g/mol. The van der Waals surface area contributed by atoms with Crippen LogP contribution in [0.2, 0.25) is 0 Å². The molecule has 3 nitrogen and oxygen atoms in total. The zero-order chi connectivity index (χ0) is 15.6. The Hall–Kier alpha value is -2.13. The van der Waals surface area contributed by atoms with Crippen molar-refractivity contribution in [1.82, 2.24) is 4.98 Å². The van der Waals surface area contributed by atoms with Crippen molar-refractivity contribution >= 4 is 27.5 Å². The van der Waals surface area contributed by atoms with Crippen LogP contribution < -0.4 is 4.90 Å². The zero-order valence-electron chi connectivity index (χ0n) is 13.3. The number of hydrogen-bond acceptors (Lipinski definition) is 3. The fourth-order valence-electron chi connectivity index (χ4n) is 3.79. The molecule has 3 heteroatoms. The van der Waals surface area contributed by atoms with E-state index in [9.17, 15) is 0 Å². The Morgan fingerprint density at radius 3 is 2.04 bits per heavy atom. The van der Waals surface area contributed by atoms with Gasteiger partial charge in [0.25, 0.3) is 0 Å². The van der Waals surface area contributed by atoms with Crippen molar-refractivity contribution in [2.75, 3.05) is 24.6 Å². The summed E-state index contributed by atoms with van der Waals surface area (Å²) in [6, 6.07) is 16.9. The molecule has 1 N–H and O–H groups in total. The number of aromatic nitrogens is 1. The lowest BCUT2D eigenvalue weighted by Crippen LogP contribution is -2.34. The molecule has 2 heterocycles. The first-order valence-electron chi connectivity index (χ1n) is 8.50. The highest BCUT2D eigenvalue weighted by molar-refractivity contribution is 6.07. The highest BCUT2D eigenvalue weighted by Gasteiger charge is 2.22. The lowest BCUT2D eigenvalue weighted by Gasteiger charge is -2.34. The maximum absolute atomic E-state index is 9.16. The molecule has 1 saturated heterocycles. The third-order valence-corrected chi connectivity index (χ3v) is 5.03. The minimum atomic E-state index is 0.311. The van der Waals surface area contributed by atoms with E-state index in [1.54, 1.807) is 0 Å². The van der Waals surface area contributed by atoms with Gasteiger partial charge in [0.05, 0.1) is 16.7 Å². The molecule has 0 amide bonds. The highest BCUT2D eigenvalue weighted by Crippen LogP contribution is 2.36. The zero-order valence-corrected chi connectivity index (χ0v) is 13.3. The fraction of sp³-hybridized carbons (Fsp3) is 0.350. The molecule has 23 heavy (non-hydrogen) atoms. The normalized spacial score (nSPS) is 16.3. The number of rotatable bonds is 3. The molecule has 1 aliphatic rings. The number of piperidine rings is 1. The van der Waals surface area contributed by atoms with Gasteiger partial charge in [-0.15, -0.1) is 0 Å². The van der Waals surface area contributed by atoms with Gasteiger partial charge in [-0.3, -0.25) is 0 Å². The number of benzene rings is 2. The van der Waals surface area contributed by atoms with E-state index in [1.807, 2.05) is 0 Å². The summed E-state index contributed by atoms with van der Waals surface area (Å²) in [5.41, 5.74) is 3.46. The van der Waals surface area contributed by atoms with E-state index in [4.69, 9.17) is 10.1 Å². The van der Waals surface area contributed by atoms with Crippen LogP contribution >= 0.6 is 0 Å². The second-order valence-electron chi connectivity index (χ2n) is 6.44. The van der Waals surface area contributed by atoms with Crippen LogP contribution in [-0.2, 0) is 0 Å². The molecule has 1 fully saturated rings. The molecule has 0 atom stereocenters. The van der Waals surface area contributed by atoms with Crippen LogP contribution in [0, 0.1) is 5.92 Å². The number of anilines is 1. The van der Waals surface area contributed by atoms with Gasteiger partial charge in [-0.2, -0.15) is 0 Å². The first kappa shape index (κ1) is 14.5. The molecule has 1 aromatic heterocycles. The van der Waals surface area contributed by atoms with Gasteiger partial charge < -0.3 is 10.0 Å². The second kappa shape index (κ2) is 6.17. The summed E-state index contributed by atoms with van der Waals surface area (Å²) < 4.78 is 0. The molecule has 0 saturated carbocycles. The van der Waals surface area contributed by atoms with Gasteiger partial charge in [-0.05, 0) is 37.3 Å². The van der Waals surface area contributed by atoms with Crippen molar-refractivity contribution in [1.29, 1.82) is 0 Å². The third-order valence-electron chi connectivity index (χ3n) is 5.03. The Balaban J connectivity index is 1.81. The number of fused-ring (bicyclic) bond motifs is 2. The Morgan fingerprint density at radius 1 is 0.913 bits per heavy atom. The first-order valence-corrected chi connectivity index (χ1v) is 8.50.